The van der Waals surface area contributed by atoms with E-state index in [-0.39, 0.29) is 17.4 Å². The minimum atomic E-state index is -0.616. The first kappa shape index (κ1) is 14.9. The lowest BCUT2D eigenvalue weighted by Crippen LogP contribution is -2.35. The third-order valence-electron chi connectivity index (χ3n) is 3.34. The number of phenols is 2. The Morgan fingerprint density at radius 2 is 1.81 bits per heavy atom. The Hall–Kier alpha value is -2.53. The summed E-state index contributed by atoms with van der Waals surface area (Å²) in [6.45, 7) is 3.28. The molecule has 0 spiro atoms. The van der Waals surface area contributed by atoms with E-state index < -0.39 is 6.04 Å². The van der Waals surface area contributed by atoms with Crippen molar-refractivity contribution in [3.8, 4) is 11.5 Å². The van der Waals surface area contributed by atoms with Gasteiger partial charge in [-0.2, -0.15) is 0 Å². The Balaban J connectivity index is 2.45. The summed E-state index contributed by atoms with van der Waals surface area (Å²) in [4.78, 5) is 11.4. The first-order chi connectivity index (χ1) is 9.93. The molecule has 2 rings (SSSR count). The number of nitrogens with one attached hydrogen (secondary N) is 1. The Morgan fingerprint density at radius 1 is 1.24 bits per heavy atom. The van der Waals surface area contributed by atoms with E-state index in [1.54, 1.807) is 38.1 Å². The van der Waals surface area contributed by atoms with Crippen LogP contribution in [0.4, 0.5) is 0 Å². The van der Waals surface area contributed by atoms with Crippen molar-refractivity contribution in [3.05, 3.63) is 41.6 Å². The highest BCUT2D eigenvalue weighted by atomic mass is 16.3. The van der Waals surface area contributed by atoms with Gasteiger partial charge in [0.25, 0.3) is 0 Å². The van der Waals surface area contributed by atoms with Crippen LogP contribution in [0.2, 0.25) is 0 Å². The van der Waals surface area contributed by atoms with Crippen LogP contribution in [0.1, 0.15) is 18.1 Å². The molecule has 0 aromatic heterocycles. The normalized spacial score (nSPS) is 12.7. The van der Waals surface area contributed by atoms with Crippen molar-refractivity contribution < 1.29 is 15.0 Å². The summed E-state index contributed by atoms with van der Waals surface area (Å²) in [6, 6.07) is 6.42. The summed E-state index contributed by atoms with van der Waals surface area (Å²) in [5.41, 5.74) is 6.43. The largest absolute Gasteiger partial charge is 0.507 e. The first-order valence-electron chi connectivity index (χ1n) is 6.59. The van der Waals surface area contributed by atoms with E-state index >= 15 is 0 Å². The minimum absolute atomic E-state index is 0.0622. The van der Waals surface area contributed by atoms with Crippen molar-refractivity contribution >= 4 is 22.8 Å². The highest BCUT2D eigenvalue weighted by Gasteiger charge is 2.13. The molecule has 0 bridgehead atoms. The highest BCUT2D eigenvalue weighted by Crippen LogP contribution is 2.39. The van der Waals surface area contributed by atoms with Gasteiger partial charge in [-0.1, -0.05) is 24.3 Å². The monoisotopic (exact) mass is 286 g/mol. The number of hydrogen-bond acceptors (Lipinski definition) is 4. The number of amides is 1. The second kappa shape index (κ2) is 5.85. The number of nitrogens with two attached hydrogens (primary N) is 1. The van der Waals surface area contributed by atoms with Crippen molar-refractivity contribution in [2.75, 3.05) is 0 Å². The van der Waals surface area contributed by atoms with E-state index in [1.807, 2.05) is 0 Å². The van der Waals surface area contributed by atoms with E-state index in [2.05, 4.69) is 5.32 Å². The van der Waals surface area contributed by atoms with Crippen LogP contribution in [-0.2, 0) is 4.79 Å². The van der Waals surface area contributed by atoms with Crippen molar-refractivity contribution in [1.82, 2.24) is 5.32 Å². The molecule has 21 heavy (non-hydrogen) atoms. The average Bonchev–Trinajstić information content (AvgIpc) is 2.48. The lowest BCUT2D eigenvalue weighted by molar-refractivity contribution is -0.121. The quantitative estimate of drug-likeness (QED) is 0.649. The van der Waals surface area contributed by atoms with Crippen LogP contribution >= 0.6 is 0 Å². The van der Waals surface area contributed by atoms with Crippen molar-refractivity contribution in [1.29, 1.82) is 0 Å². The molecule has 5 N–H and O–H groups in total. The van der Waals surface area contributed by atoms with Crippen molar-refractivity contribution in [2.24, 2.45) is 5.73 Å². The van der Waals surface area contributed by atoms with Gasteiger partial charge in [-0.15, -0.1) is 0 Å². The molecule has 2 aromatic rings. The zero-order valence-electron chi connectivity index (χ0n) is 11.9. The molecule has 0 saturated heterocycles. The number of hydrogen-bond donors (Lipinski definition) is 4. The van der Waals surface area contributed by atoms with E-state index in [9.17, 15) is 15.0 Å². The van der Waals surface area contributed by atoms with Crippen LogP contribution in [0, 0.1) is 6.92 Å². The molecule has 1 amide bonds. The lowest BCUT2D eigenvalue weighted by Gasteiger charge is -2.11. The second-order valence-corrected chi connectivity index (χ2v) is 4.91. The van der Waals surface area contributed by atoms with Gasteiger partial charge >= 0.3 is 0 Å². The maximum Gasteiger partial charge on any atom is 0.240 e. The number of benzene rings is 2. The first-order valence-corrected chi connectivity index (χ1v) is 6.59. The fraction of sp³-hybridized carbons (Fsp3) is 0.188. The number of fused-ring (bicyclic) bond motifs is 1. The predicted molar refractivity (Wildman–Crippen MR) is 82.8 cm³/mol. The number of carbonyl (C=O) groups excluding carboxylic acids is 1. The van der Waals surface area contributed by atoms with Gasteiger partial charge in [-0.05, 0) is 19.9 Å². The van der Waals surface area contributed by atoms with Gasteiger partial charge in [0.2, 0.25) is 5.91 Å². The van der Waals surface area contributed by atoms with Crippen molar-refractivity contribution in [2.45, 2.75) is 19.9 Å². The molecule has 0 aliphatic carbocycles. The Kier molecular flexibility index (Phi) is 4.14. The second-order valence-electron chi connectivity index (χ2n) is 4.91. The predicted octanol–water partition coefficient (Wildman–Crippen LogP) is 1.99. The average molecular weight is 286 g/mol. The van der Waals surface area contributed by atoms with Crippen molar-refractivity contribution in [3.63, 3.8) is 0 Å². The standard InChI is InChI=1S/C16H18N2O3/c1-9-11(7-8-18-16(21)10(2)17)15(20)13-6-4-3-5-12(13)14(9)19/h3-8,10,19-20H,17H2,1-2H3,(H,18,21). The maximum absolute atomic E-state index is 11.4. The van der Waals surface area contributed by atoms with Crippen LogP contribution < -0.4 is 11.1 Å². The van der Waals surface area contributed by atoms with Crippen LogP contribution in [-0.4, -0.2) is 22.2 Å². The van der Waals surface area contributed by atoms with Crippen LogP contribution in [0.25, 0.3) is 16.8 Å². The Morgan fingerprint density at radius 3 is 2.38 bits per heavy atom. The van der Waals surface area contributed by atoms with Crippen LogP contribution in [0.15, 0.2) is 30.5 Å². The van der Waals surface area contributed by atoms with Gasteiger partial charge < -0.3 is 21.3 Å². The molecule has 5 heteroatoms. The Bertz CT molecular complexity index is 721. The van der Waals surface area contributed by atoms with Gasteiger partial charge in [0.1, 0.15) is 11.5 Å². The summed E-state index contributed by atoms with van der Waals surface area (Å²) in [7, 11) is 0. The van der Waals surface area contributed by atoms with Gasteiger partial charge in [0.15, 0.2) is 0 Å². The van der Waals surface area contributed by atoms with Gasteiger partial charge in [0.05, 0.1) is 6.04 Å². The smallest absolute Gasteiger partial charge is 0.240 e. The topological polar surface area (TPSA) is 95.6 Å². The molecule has 1 unspecified atom stereocenters. The summed E-state index contributed by atoms with van der Waals surface area (Å²) in [6.07, 6.45) is 2.94. The third-order valence-corrected chi connectivity index (χ3v) is 3.34. The highest BCUT2D eigenvalue weighted by molar-refractivity contribution is 5.97. The van der Waals surface area contributed by atoms with Crippen LogP contribution in [0.5, 0.6) is 11.5 Å². The molecule has 0 fully saturated rings. The van der Waals surface area contributed by atoms with Gasteiger partial charge in [-0.25, -0.2) is 0 Å². The van der Waals surface area contributed by atoms with E-state index in [0.717, 1.165) is 0 Å². The van der Waals surface area contributed by atoms with E-state index in [4.69, 9.17) is 5.73 Å². The Labute approximate surface area is 122 Å². The number of aromatic hydroxyl groups is 2. The molecule has 0 aliphatic heterocycles. The van der Waals surface area contributed by atoms with Crippen LogP contribution in [0.3, 0.4) is 0 Å². The molecule has 0 aliphatic rings. The minimum Gasteiger partial charge on any atom is -0.507 e. The van der Waals surface area contributed by atoms with Gasteiger partial charge in [0, 0.05) is 28.1 Å². The molecular formula is C16H18N2O3. The molecule has 110 valence electrons. The third kappa shape index (κ3) is 2.83. The molecule has 0 radical (unpaired) electrons. The lowest BCUT2D eigenvalue weighted by atomic mass is 9.98. The maximum atomic E-state index is 11.4. The number of phenolic OH excluding ortho intramolecular Hbond substituents is 2. The zero-order valence-corrected chi connectivity index (χ0v) is 11.9. The number of rotatable bonds is 3. The molecule has 1 atom stereocenters. The summed E-state index contributed by atoms with van der Waals surface area (Å²) < 4.78 is 0. The van der Waals surface area contributed by atoms with E-state index in [1.165, 1.54) is 12.3 Å². The van der Waals surface area contributed by atoms with E-state index in [0.29, 0.717) is 21.9 Å². The molecule has 5 nitrogen and oxygen atoms in total. The SMILES string of the molecule is Cc1c(C=CNC(=O)C(C)N)c(O)c2ccccc2c1O. The molecule has 2 aromatic carbocycles. The molecule has 0 heterocycles. The summed E-state index contributed by atoms with van der Waals surface area (Å²) in [5, 5.41) is 24.2. The fourth-order valence-corrected chi connectivity index (χ4v) is 2.09. The molecule has 0 saturated carbocycles. The zero-order chi connectivity index (χ0) is 15.6. The fourth-order valence-electron chi connectivity index (χ4n) is 2.09. The molecular weight excluding hydrogens is 268 g/mol. The number of carbonyl (C=O) groups is 1. The summed E-state index contributed by atoms with van der Waals surface area (Å²) in [5.74, 6) is -0.151. The summed E-state index contributed by atoms with van der Waals surface area (Å²) >= 11 is 0. The van der Waals surface area contributed by atoms with Gasteiger partial charge in [-0.3, -0.25) is 4.79 Å².